The fraction of sp³-hybridized carbons (Fsp3) is 0.458. The molecule has 0 spiro atoms. The summed E-state index contributed by atoms with van der Waals surface area (Å²) in [6, 6.07) is 10.6. The van der Waals surface area contributed by atoms with Crippen molar-refractivity contribution in [2.24, 2.45) is 11.7 Å². The molecule has 7 nitrogen and oxygen atoms in total. The van der Waals surface area contributed by atoms with Gasteiger partial charge in [-0.2, -0.15) is 13.8 Å². The number of pyridine rings is 1. The van der Waals surface area contributed by atoms with Crippen LogP contribution in [0.3, 0.4) is 0 Å². The quantitative estimate of drug-likeness (QED) is 0.608. The van der Waals surface area contributed by atoms with E-state index in [4.69, 9.17) is 10.5 Å². The summed E-state index contributed by atoms with van der Waals surface area (Å²) in [7, 11) is 1.35. The SMILES string of the molecule is COc1ccc(NC(=O)C2(c3ccccc3C(C)C)CCC(C(N)=O)CC2)c(OC(F)F)n1. The number of rotatable bonds is 8. The second-order valence-electron chi connectivity index (χ2n) is 8.54. The molecule has 0 radical (unpaired) electrons. The van der Waals surface area contributed by atoms with Gasteiger partial charge >= 0.3 is 6.61 Å². The molecular formula is C24H29F2N3O4. The van der Waals surface area contributed by atoms with Crippen molar-refractivity contribution < 1.29 is 27.8 Å². The number of carbonyl (C=O) groups is 2. The first-order valence-electron chi connectivity index (χ1n) is 10.9. The van der Waals surface area contributed by atoms with Crippen molar-refractivity contribution in [2.75, 3.05) is 12.4 Å². The number of ether oxygens (including phenoxy) is 2. The van der Waals surface area contributed by atoms with E-state index in [2.05, 4.69) is 15.0 Å². The number of halogens is 2. The number of benzene rings is 1. The standard InChI is InChI=1S/C24H29F2N3O4/c1-14(2)16-6-4-5-7-17(16)24(12-10-15(11-13-24)20(27)30)22(31)28-18-8-9-19(32-3)29-21(18)33-23(25)26/h4-9,14-15,23H,10-13H2,1-3H3,(H2,27,30)(H,28,31). The van der Waals surface area contributed by atoms with E-state index in [-0.39, 0.29) is 35.2 Å². The molecule has 0 unspecified atom stereocenters. The van der Waals surface area contributed by atoms with Crippen LogP contribution in [0.4, 0.5) is 14.5 Å². The van der Waals surface area contributed by atoms with E-state index in [0.29, 0.717) is 25.7 Å². The molecule has 3 N–H and O–H groups in total. The van der Waals surface area contributed by atoms with Gasteiger partial charge in [-0.1, -0.05) is 38.1 Å². The molecule has 3 rings (SSSR count). The lowest BCUT2D eigenvalue weighted by Crippen LogP contribution is -2.45. The van der Waals surface area contributed by atoms with Crippen molar-refractivity contribution in [1.29, 1.82) is 0 Å². The number of nitrogens with one attached hydrogen (secondary N) is 1. The Hall–Kier alpha value is -3.23. The maximum atomic E-state index is 13.8. The van der Waals surface area contributed by atoms with Crippen LogP contribution in [0.1, 0.15) is 56.6 Å². The average molecular weight is 462 g/mol. The highest BCUT2D eigenvalue weighted by molar-refractivity contribution is 6.00. The number of anilines is 1. The Morgan fingerprint density at radius 2 is 1.82 bits per heavy atom. The number of nitrogens with two attached hydrogens (primary N) is 1. The highest BCUT2D eigenvalue weighted by Crippen LogP contribution is 2.45. The van der Waals surface area contributed by atoms with E-state index in [1.165, 1.54) is 19.2 Å². The molecular weight excluding hydrogens is 432 g/mol. The number of primary amides is 1. The zero-order chi connectivity index (χ0) is 24.2. The second-order valence-corrected chi connectivity index (χ2v) is 8.54. The smallest absolute Gasteiger partial charge is 0.388 e. The molecule has 33 heavy (non-hydrogen) atoms. The fourth-order valence-corrected chi connectivity index (χ4v) is 4.50. The first-order chi connectivity index (χ1) is 15.7. The van der Waals surface area contributed by atoms with E-state index in [1.807, 2.05) is 38.1 Å². The van der Waals surface area contributed by atoms with Crippen molar-refractivity contribution in [2.45, 2.75) is 57.5 Å². The van der Waals surface area contributed by atoms with Crippen molar-refractivity contribution in [3.05, 3.63) is 47.5 Å². The van der Waals surface area contributed by atoms with Crippen LogP contribution < -0.4 is 20.5 Å². The summed E-state index contributed by atoms with van der Waals surface area (Å²) >= 11 is 0. The van der Waals surface area contributed by atoms with E-state index in [1.54, 1.807) is 0 Å². The van der Waals surface area contributed by atoms with Gasteiger partial charge in [-0.15, -0.1) is 0 Å². The number of aromatic nitrogens is 1. The summed E-state index contributed by atoms with van der Waals surface area (Å²) in [5, 5.41) is 2.75. The third kappa shape index (κ3) is 5.23. The largest absolute Gasteiger partial charge is 0.481 e. The zero-order valence-corrected chi connectivity index (χ0v) is 18.9. The van der Waals surface area contributed by atoms with Crippen molar-refractivity contribution in [1.82, 2.24) is 4.98 Å². The predicted molar refractivity (Wildman–Crippen MR) is 119 cm³/mol. The Morgan fingerprint density at radius 3 is 2.39 bits per heavy atom. The van der Waals surface area contributed by atoms with Crippen molar-refractivity contribution in [3.8, 4) is 11.8 Å². The van der Waals surface area contributed by atoms with Crippen molar-refractivity contribution >= 4 is 17.5 Å². The lowest BCUT2D eigenvalue weighted by Gasteiger charge is -2.40. The molecule has 1 aromatic heterocycles. The van der Waals surface area contributed by atoms with Gasteiger partial charge in [0.25, 0.3) is 0 Å². The molecule has 1 aliphatic carbocycles. The molecule has 9 heteroatoms. The minimum absolute atomic E-state index is 0.0135. The highest BCUT2D eigenvalue weighted by atomic mass is 19.3. The summed E-state index contributed by atoms with van der Waals surface area (Å²) in [5.74, 6) is -1.27. The Labute approximate surface area is 191 Å². The highest BCUT2D eigenvalue weighted by Gasteiger charge is 2.45. The topological polar surface area (TPSA) is 104 Å². The average Bonchev–Trinajstić information content (AvgIpc) is 2.79. The van der Waals surface area contributed by atoms with Gasteiger partial charge in [0.15, 0.2) is 0 Å². The Morgan fingerprint density at radius 1 is 1.15 bits per heavy atom. The van der Waals surface area contributed by atoms with Crippen LogP contribution in [0.15, 0.2) is 36.4 Å². The van der Waals surface area contributed by atoms with Crippen LogP contribution in [-0.4, -0.2) is 30.5 Å². The minimum atomic E-state index is -3.12. The van der Waals surface area contributed by atoms with Gasteiger partial charge in [0.2, 0.25) is 23.6 Å². The molecule has 2 aromatic rings. The molecule has 1 aliphatic rings. The van der Waals surface area contributed by atoms with Gasteiger partial charge in [0, 0.05) is 12.0 Å². The third-order valence-corrected chi connectivity index (χ3v) is 6.27. The third-order valence-electron chi connectivity index (χ3n) is 6.27. The van der Waals surface area contributed by atoms with Gasteiger partial charge in [-0.05, 0) is 48.8 Å². The monoisotopic (exact) mass is 461 g/mol. The summed E-state index contributed by atoms with van der Waals surface area (Å²) in [6.07, 6.45) is 1.70. The Bertz CT molecular complexity index is 1000. The number of carbonyl (C=O) groups excluding carboxylic acids is 2. The van der Waals surface area contributed by atoms with Crippen LogP contribution in [0.2, 0.25) is 0 Å². The molecule has 0 saturated heterocycles. The number of hydrogen-bond acceptors (Lipinski definition) is 5. The Kier molecular flexibility index (Phi) is 7.50. The molecule has 1 heterocycles. The molecule has 0 aliphatic heterocycles. The van der Waals surface area contributed by atoms with Crippen LogP contribution in [0, 0.1) is 5.92 Å². The maximum Gasteiger partial charge on any atom is 0.388 e. The van der Waals surface area contributed by atoms with Crippen molar-refractivity contribution in [3.63, 3.8) is 0 Å². The molecule has 0 atom stereocenters. The van der Waals surface area contributed by atoms with Crippen LogP contribution >= 0.6 is 0 Å². The fourth-order valence-electron chi connectivity index (χ4n) is 4.50. The normalized spacial score (nSPS) is 20.5. The van der Waals surface area contributed by atoms with Gasteiger partial charge in [0.05, 0.1) is 12.5 Å². The van der Waals surface area contributed by atoms with Gasteiger partial charge in [-0.3, -0.25) is 9.59 Å². The molecule has 2 amide bonds. The number of nitrogens with zero attached hydrogens (tertiary/aromatic N) is 1. The number of amides is 2. The van der Waals surface area contributed by atoms with E-state index >= 15 is 0 Å². The summed E-state index contributed by atoms with van der Waals surface area (Å²) in [5.41, 5.74) is 6.44. The predicted octanol–water partition coefficient (Wildman–Crippen LogP) is 4.37. The lowest BCUT2D eigenvalue weighted by molar-refractivity contribution is -0.127. The molecule has 0 bridgehead atoms. The summed E-state index contributed by atoms with van der Waals surface area (Å²) in [6.45, 7) is 0.963. The van der Waals surface area contributed by atoms with E-state index in [9.17, 15) is 18.4 Å². The summed E-state index contributed by atoms with van der Waals surface area (Å²) < 4.78 is 35.4. The van der Waals surface area contributed by atoms with E-state index < -0.39 is 17.9 Å². The van der Waals surface area contributed by atoms with Crippen LogP contribution in [-0.2, 0) is 15.0 Å². The molecule has 1 saturated carbocycles. The van der Waals surface area contributed by atoms with Gasteiger partial charge in [-0.25, -0.2) is 0 Å². The van der Waals surface area contributed by atoms with Crippen LogP contribution in [0.5, 0.6) is 11.8 Å². The summed E-state index contributed by atoms with van der Waals surface area (Å²) in [4.78, 5) is 29.5. The van der Waals surface area contributed by atoms with Gasteiger partial charge < -0.3 is 20.5 Å². The maximum absolute atomic E-state index is 13.8. The first-order valence-corrected chi connectivity index (χ1v) is 10.9. The number of methoxy groups -OCH3 is 1. The lowest BCUT2D eigenvalue weighted by atomic mass is 9.64. The molecule has 178 valence electrons. The van der Waals surface area contributed by atoms with E-state index in [0.717, 1.165) is 11.1 Å². The first kappa shape index (κ1) is 24.4. The second kappa shape index (κ2) is 10.1. The number of alkyl halides is 2. The molecule has 1 fully saturated rings. The molecule has 1 aromatic carbocycles. The van der Waals surface area contributed by atoms with Gasteiger partial charge in [0.1, 0.15) is 5.69 Å². The minimum Gasteiger partial charge on any atom is -0.481 e. The Balaban J connectivity index is 2.03. The number of hydrogen-bond donors (Lipinski definition) is 2. The zero-order valence-electron chi connectivity index (χ0n) is 18.9. The van der Waals surface area contributed by atoms with Crippen LogP contribution in [0.25, 0.3) is 0 Å².